The van der Waals surface area contributed by atoms with Crippen LogP contribution in [0.3, 0.4) is 0 Å². The molecule has 0 radical (unpaired) electrons. The van der Waals surface area contributed by atoms with Crippen molar-refractivity contribution in [2.24, 2.45) is 7.05 Å². The van der Waals surface area contributed by atoms with E-state index in [1.54, 1.807) is 29.9 Å². The predicted molar refractivity (Wildman–Crippen MR) is 67.0 cm³/mol. The van der Waals surface area contributed by atoms with Crippen molar-refractivity contribution in [1.29, 1.82) is 0 Å². The molecule has 0 atom stereocenters. The van der Waals surface area contributed by atoms with Crippen LogP contribution in [-0.2, 0) is 13.5 Å². The summed E-state index contributed by atoms with van der Waals surface area (Å²) in [5.41, 5.74) is 1.67. The van der Waals surface area contributed by atoms with Gasteiger partial charge in [-0.05, 0) is 30.5 Å². The first kappa shape index (κ1) is 12.5. The van der Waals surface area contributed by atoms with Gasteiger partial charge >= 0.3 is 0 Å². The summed E-state index contributed by atoms with van der Waals surface area (Å²) in [6, 6.07) is 4.90. The molecule has 0 aliphatic rings. The molecule has 4 heteroatoms. The van der Waals surface area contributed by atoms with E-state index in [-0.39, 0.29) is 11.3 Å². The van der Waals surface area contributed by atoms with Crippen LogP contribution >= 0.6 is 0 Å². The lowest BCUT2D eigenvalue weighted by molar-refractivity contribution is 0.0979. The van der Waals surface area contributed by atoms with Crippen molar-refractivity contribution in [3.63, 3.8) is 0 Å². The molecule has 0 saturated carbocycles. The summed E-state index contributed by atoms with van der Waals surface area (Å²) in [5, 5.41) is 4.03. The first-order chi connectivity index (χ1) is 8.58. The first-order valence-corrected chi connectivity index (χ1v) is 5.84. The van der Waals surface area contributed by atoms with Crippen LogP contribution in [0.5, 0.6) is 0 Å². The zero-order chi connectivity index (χ0) is 13.1. The second kappa shape index (κ2) is 5.12. The highest BCUT2D eigenvalue weighted by Crippen LogP contribution is 2.15. The van der Waals surface area contributed by atoms with E-state index < -0.39 is 5.82 Å². The number of Topliss-reactive ketones (excluding diaryl/α,β-unsaturated/α-hetero) is 1. The van der Waals surface area contributed by atoms with Gasteiger partial charge in [0.1, 0.15) is 5.82 Å². The Bertz CT molecular complexity index is 575. The standard InChI is InChI=1S/C14H15FN2O/c1-10-4-3-5-12(14(10)15)13(18)7-6-11-8-16-17(2)9-11/h3-5,8-9H,6-7H2,1-2H3. The fraction of sp³-hybridized carbons (Fsp3) is 0.286. The van der Waals surface area contributed by atoms with Crippen molar-refractivity contribution >= 4 is 5.78 Å². The summed E-state index contributed by atoms with van der Waals surface area (Å²) in [4.78, 5) is 11.9. The maximum absolute atomic E-state index is 13.7. The third-order valence-corrected chi connectivity index (χ3v) is 2.89. The molecule has 3 nitrogen and oxygen atoms in total. The molecule has 1 aromatic carbocycles. The minimum atomic E-state index is -0.409. The molecular weight excluding hydrogens is 231 g/mol. The summed E-state index contributed by atoms with van der Waals surface area (Å²) < 4.78 is 15.4. The number of hydrogen-bond acceptors (Lipinski definition) is 2. The maximum Gasteiger partial charge on any atom is 0.166 e. The van der Waals surface area contributed by atoms with Gasteiger partial charge in [-0.25, -0.2) is 4.39 Å². The molecule has 0 unspecified atom stereocenters. The van der Waals surface area contributed by atoms with E-state index >= 15 is 0 Å². The van der Waals surface area contributed by atoms with Gasteiger partial charge in [0.15, 0.2) is 5.78 Å². The summed E-state index contributed by atoms with van der Waals surface area (Å²) in [6.07, 6.45) is 4.46. The van der Waals surface area contributed by atoms with E-state index in [9.17, 15) is 9.18 Å². The zero-order valence-electron chi connectivity index (χ0n) is 10.5. The molecule has 1 heterocycles. The van der Waals surface area contributed by atoms with Crippen LogP contribution in [0.2, 0.25) is 0 Å². The quantitative estimate of drug-likeness (QED) is 0.777. The smallest absolute Gasteiger partial charge is 0.166 e. The van der Waals surface area contributed by atoms with Gasteiger partial charge in [0.05, 0.1) is 11.8 Å². The number of benzene rings is 1. The zero-order valence-corrected chi connectivity index (χ0v) is 10.5. The monoisotopic (exact) mass is 246 g/mol. The van der Waals surface area contributed by atoms with E-state index in [1.165, 1.54) is 6.07 Å². The van der Waals surface area contributed by atoms with Gasteiger partial charge in [-0.15, -0.1) is 0 Å². The minimum absolute atomic E-state index is 0.167. The normalized spacial score (nSPS) is 10.6. The Morgan fingerprint density at radius 3 is 2.89 bits per heavy atom. The SMILES string of the molecule is Cc1cccc(C(=O)CCc2cnn(C)c2)c1F. The Hall–Kier alpha value is -1.97. The molecule has 0 fully saturated rings. The van der Waals surface area contributed by atoms with E-state index in [4.69, 9.17) is 0 Å². The summed E-state index contributed by atoms with van der Waals surface area (Å²) >= 11 is 0. The highest BCUT2D eigenvalue weighted by Gasteiger charge is 2.13. The number of halogens is 1. The summed E-state index contributed by atoms with van der Waals surface area (Å²) in [7, 11) is 1.82. The lowest BCUT2D eigenvalue weighted by Crippen LogP contribution is -2.05. The van der Waals surface area contributed by atoms with Gasteiger partial charge in [-0.3, -0.25) is 9.48 Å². The molecule has 94 valence electrons. The van der Waals surface area contributed by atoms with Gasteiger partial charge in [0.2, 0.25) is 0 Å². The average Bonchev–Trinajstić information content (AvgIpc) is 2.76. The Morgan fingerprint density at radius 2 is 2.22 bits per heavy atom. The van der Waals surface area contributed by atoms with Gasteiger partial charge < -0.3 is 0 Å². The van der Waals surface area contributed by atoms with Crippen LogP contribution in [0.25, 0.3) is 0 Å². The van der Waals surface area contributed by atoms with Crippen LogP contribution in [0.15, 0.2) is 30.6 Å². The molecule has 18 heavy (non-hydrogen) atoms. The highest BCUT2D eigenvalue weighted by molar-refractivity contribution is 5.96. The van der Waals surface area contributed by atoms with E-state index in [2.05, 4.69) is 5.10 Å². The Labute approximate surface area is 105 Å². The first-order valence-electron chi connectivity index (χ1n) is 5.84. The van der Waals surface area contributed by atoms with Gasteiger partial charge in [0, 0.05) is 19.7 Å². The number of hydrogen-bond donors (Lipinski definition) is 0. The van der Waals surface area contributed by atoms with Crippen LogP contribution in [0.1, 0.15) is 27.9 Å². The average molecular weight is 246 g/mol. The number of aryl methyl sites for hydroxylation is 3. The Kier molecular flexibility index (Phi) is 3.55. The second-order valence-electron chi connectivity index (χ2n) is 4.38. The number of nitrogens with zero attached hydrogens (tertiary/aromatic N) is 2. The fourth-order valence-electron chi connectivity index (χ4n) is 1.86. The van der Waals surface area contributed by atoms with Crippen LogP contribution < -0.4 is 0 Å². The lowest BCUT2D eigenvalue weighted by atomic mass is 10.0. The summed E-state index contributed by atoms with van der Waals surface area (Å²) in [6.45, 7) is 1.66. The number of ketones is 1. The molecule has 0 aliphatic carbocycles. The molecular formula is C14H15FN2O. The van der Waals surface area contributed by atoms with Crippen molar-refractivity contribution in [3.05, 3.63) is 53.1 Å². The second-order valence-corrected chi connectivity index (χ2v) is 4.38. The van der Waals surface area contributed by atoms with E-state index in [0.29, 0.717) is 18.4 Å². The Balaban J connectivity index is 2.06. The lowest BCUT2D eigenvalue weighted by Gasteiger charge is -2.04. The number of carbonyl (C=O) groups is 1. The number of aromatic nitrogens is 2. The van der Waals surface area contributed by atoms with E-state index in [0.717, 1.165) is 5.56 Å². The third-order valence-electron chi connectivity index (χ3n) is 2.89. The number of carbonyl (C=O) groups excluding carboxylic acids is 1. The maximum atomic E-state index is 13.7. The molecule has 1 aromatic heterocycles. The highest BCUT2D eigenvalue weighted by atomic mass is 19.1. The largest absolute Gasteiger partial charge is 0.294 e. The molecule has 0 bridgehead atoms. The molecule has 0 aliphatic heterocycles. The van der Waals surface area contributed by atoms with Crippen molar-refractivity contribution < 1.29 is 9.18 Å². The van der Waals surface area contributed by atoms with Gasteiger partial charge in [-0.2, -0.15) is 5.10 Å². The van der Waals surface area contributed by atoms with E-state index in [1.807, 2.05) is 13.2 Å². The van der Waals surface area contributed by atoms with Gasteiger partial charge in [0.25, 0.3) is 0 Å². The van der Waals surface area contributed by atoms with Crippen LogP contribution in [0.4, 0.5) is 4.39 Å². The molecule has 0 spiro atoms. The van der Waals surface area contributed by atoms with Crippen molar-refractivity contribution in [2.75, 3.05) is 0 Å². The molecule has 2 aromatic rings. The van der Waals surface area contributed by atoms with Gasteiger partial charge in [-0.1, -0.05) is 12.1 Å². The predicted octanol–water partition coefficient (Wildman–Crippen LogP) is 2.68. The Morgan fingerprint density at radius 1 is 1.44 bits per heavy atom. The molecule has 0 saturated heterocycles. The number of rotatable bonds is 4. The van der Waals surface area contributed by atoms with Crippen molar-refractivity contribution in [1.82, 2.24) is 9.78 Å². The molecule has 0 N–H and O–H groups in total. The van der Waals surface area contributed by atoms with Crippen molar-refractivity contribution in [2.45, 2.75) is 19.8 Å². The topological polar surface area (TPSA) is 34.9 Å². The molecule has 2 rings (SSSR count). The summed E-state index contributed by atoms with van der Waals surface area (Å²) in [5.74, 6) is -0.575. The van der Waals surface area contributed by atoms with Crippen LogP contribution in [-0.4, -0.2) is 15.6 Å². The fourth-order valence-corrected chi connectivity index (χ4v) is 1.86. The molecule has 0 amide bonds. The van der Waals surface area contributed by atoms with Crippen molar-refractivity contribution in [3.8, 4) is 0 Å². The minimum Gasteiger partial charge on any atom is -0.294 e. The third kappa shape index (κ3) is 2.64. The van der Waals surface area contributed by atoms with Crippen LogP contribution in [0, 0.1) is 12.7 Å².